The number of hydrogen-bond acceptors (Lipinski definition) is 1. The van der Waals surface area contributed by atoms with Crippen molar-refractivity contribution in [3.63, 3.8) is 0 Å². The molecular weight excluding hydrogens is 276 g/mol. The lowest BCUT2D eigenvalue weighted by molar-refractivity contribution is 0.722. The smallest absolute Gasteiger partial charge is 0.103 e. The number of aryl methyl sites for hydroxylation is 2. The van der Waals surface area contributed by atoms with Crippen molar-refractivity contribution in [2.75, 3.05) is 0 Å². The second-order valence-electron chi connectivity index (χ2n) is 4.93. The van der Waals surface area contributed by atoms with Crippen molar-refractivity contribution in [3.05, 3.63) is 27.7 Å². The Balaban J connectivity index is 2.31. The fraction of sp³-hybridized carbons (Fsp3) is 0.500. The van der Waals surface area contributed by atoms with E-state index in [0.717, 1.165) is 16.0 Å². The zero-order valence-corrected chi connectivity index (χ0v) is 12.0. The standard InChI is InChI=1S/C14H19BrN2/c1-9-7-10(2)13(12(15)8-9)17-14(16)11-5-3-4-6-11/h7-8,11H,3-6H2,1-2H3,(H2,16,17). The van der Waals surface area contributed by atoms with Gasteiger partial charge >= 0.3 is 0 Å². The third-order valence-corrected chi connectivity index (χ3v) is 4.02. The lowest BCUT2D eigenvalue weighted by atomic mass is 10.1. The molecule has 1 aliphatic rings. The van der Waals surface area contributed by atoms with Crippen LogP contribution < -0.4 is 5.73 Å². The Kier molecular flexibility index (Phi) is 3.87. The first kappa shape index (κ1) is 12.6. The van der Waals surface area contributed by atoms with E-state index in [0.29, 0.717) is 5.92 Å². The fourth-order valence-corrected chi connectivity index (χ4v) is 3.25. The van der Waals surface area contributed by atoms with E-state index < -0.39 is 0 Å². The van der Waals surface area contributed by atoms with Gasteiger partial charge in [-0.15, -0.1) is 0 Å². The van der Waals surface area contributed by atoms with Crippen LogP contribution in [0.2, 0.25) is 0 Å². The average Bonchev–Trinajstić information content (AvgIpc) is 2.76. The summed E-state index contributed by atoms with van der Waals surface area (Å²) in [6.45, 7) is 4.17. The topological polar surface area (TPSA) is 38.4 Å². The van der Waals surface area contributed by atoms with Crippen LogP contribution in [0, 0.1) is 19.8 Å². The van der Waals surface area contributed by atoms with Gasteiger partial charge < -0.3 is 5.73 Å². The summed E-state index contributed by atoms with van der Waals surface area (Å²) in [6, 6.07) is 4.24. The van der Waals surface area contributed by atoms with Crippen molar-refractivity contribution in [2.45, 2.75) is 39.5 Å². The molecule has 2 N–H and O–H groups in total. The van der Waals surface area contributed by atoms with E-state index in [2.05, 4.69) is 46.9 Å². The highest BCUT2D eigenvalue weighted by Gasteiger charge is 2.19. The number of aliphatic imine (C=N–C) groups is 1. The van der Waals surface area contributed by atoms with E-state index in [1.807, 2.05) is 0 Å². The molecule has 0 unspecified atom stereocenters. The van der Waals surface area contributed by atoms with Gasteiger partial charge in [0.1, 0.15) is 5.84 Å². The first-order valence-electron chi connectivity index (χ1n) is 6.18. The Hall–Kier alpha value is -0.830. The normalized spacial score (nSPS) is 17.7. The molecule has 1 aliphatic carbocycles. The van der Waals surface area contributed by atoms with Gasteiger partial charge in [0.15, 0.2) is 0 Å². The van der Waals surface area contributed by atoms with Crippen molar-refractivity contribution in [1.29, 1.82) is 0 Å². The van der Waals surface area contributed by atoms with E-state index >= 15 is 0 Å². The average molecular weight is 295 g/mol. The van der Waals surface area contributed by atoms with Crippen molar-refractivity contribution >= 4 is 27.5 Å². The summed E-state index contributed by atoms with van der Waals surface area (Å²) in [5.74, 6) is 1.29. The molecule has 0 aromatic heterocycles. The summed E-state index contributed by atoms with van der Waals surface area (Å²) in [4.78, 5) is 4.63. The van der Waals surface area contributed by atoms with Crippen LogP contribution in [-0.2, 0) is 0 Å². The van der Waals surface area contributed by atoms with Crippen molar-refractivity contribution in [3.8, 4) is 0 Å². The van der Waals surface area contributed by atoms with E-state index in [1.165, 1.54) is 36.8 Å². The van der Waals surface area contributed by atoms with Crippen LogP contribution in [0.25, 0.3) is 0 Å². The van der Waals surface area contributed by atoms with Gasteiger partial charge in [-0.1, -0.05) is 18.9 Å². The molecule has 1 aromatic rings. The Morgan fingerprint density at radius 1 is 1.29 bits per heavy atom. The van der Waals surface area contributed by atoms with Crippen LogP contribution in [0.15, 0.2) is 21.6 Å². The predicted octanol–water partition coefficient (Wildman–Crippen LogP) is 4.24. The highest BCUT2D eigenvalue weighted by atomic mass is 79.9. The molecule has 0 saturated heterocycles. The van der Waals surface area contributed by atoms with Crippen molar-refractivity contribution in [2.24, 2.45) is 16.6 Å². The van der Waals surface area contributed by atoms with Crippen LogP contribution in [0.5, 0.6) is 0 Å². The van der Waals surface area contributed by atoms with Crippen molar-refractivity contribution < 1.29 is 0 Å². The van der Waals surface area contributed by atoms with Gasteiger partial charge in [-0.05, 0) is 59.8 Å². The van der Waals surface area contributed by atoms with E-state index in [-0.39, 0.29) is 0 Å². The molecule has 0 amide bonds. The minimum Gasteiger partial charge on any atom is -0.387 e. The quantitative estimate of drug-likeness (QED) is 0.643. The maximum atomic E-state index is 6.12. The van der Waals surface area contributed by atoms with E-state index in [4.69, 9.17) is 5.73 Å². The number of nitrogens with zero attached hydrogens (tertiary/aromatic N) is 1. The zero-order chi connectivity index (χ0) is 12.4. The molecule has 0 radical (unpaired) electrons. The number of benzene rings is 1. The Labute approximate surface area is 111 Å². The summed E-state index contributed by atoms with van der Waals surface area (Å²) in [6.07, 6.45) is 4.96. The van der Waals surface area contributed by atoms with Gasteiger partial charge in [-0.3, -0.25) is 0 Å². The highest BCUT2D eigenvalue weighted by molar-refractivity contribution is 9.10. The van der Waals surface area contributed by atoms with Crippen LogP contribution in [0.4, 0.5) is 5.69 Å². The minimum absolute atomic E-state index is 0.489. The molecule has 0 spiro atoms. The monoisotopic (exact) mass is 294 g/mol. The van der Waals surface area contributed by atoms with E-state index in [9.17, 15) is 0 Å². The largest absolute Gasteiger partial charge is 0.387 e. The van der Waals surface area contributed by atoms with Gasteiger partial charge in [-0.25, -0.2) is 4.99 Å². The maximum Gasteiger partial charge on any atom is 0.103 e. The molecule has 17 heavy (non-hydrogen) atoms. The molecule has 92 valence electrons. The van der Waals surface area contributed by atoms with Gasteiger partial charge in [0.25, 0.3) is 0 Å². The molecule has 1 saturated carbocycles. The van der Waals surface area contributed by atoms with Crippen LogP contribution in [-0.4, -0.2) is 5.84 Å². The Morgan fingerprint density at radius 2 is 1.94 bits per heavy atom. The van der Waals surface area contributed by atoms with Crippen LogP contribution in [0.1, 0.15) is 36.8 Å². The number of amidine groups is 1. The molecule has 2 nitrogen and oxygen atoms in total. The molecule has 2 rings (SSSR count). The van der Waals surface area contributed by atoms with E-state index in [1.54, 1.807) is 0 Å². The van der Waals surface area contributed by atoms with Crippen LogP contribution in [0.3, 0.4) is 0 Å². The predicted molar refractivity (Wildman–Crippen MR) is 76.9 cm³/mol. The number of hydrogen-bond donors (Lipinski definition) is 1. The van der Waals surface area contributed by atoms with Gasteiger partial charge in [0.05, 0.1) is 5.69 Å². The fourth-order valence-electron chi connectivity index (χ4n) is 2.49. The van der Waals surface area contributed by atoms with Gasteiger partial charge in [0.2, 0.25) is 0 Å². The molecular formula is C14H19BrN2. The number of rotatable bonds is 2. The maximum absolute atomic E-state index is 6.12. The molecule has 1 aromatic carbocycles. The molecule has 0 aliphatic heterocycles. The van der Waals surface area contributed by atoms with Gasteiger partial charge in [0, 0.05) is 10.4 Å². The molecule has 1 fully saturated rings. The molecule has 0 atom stereocenters. The number of nitrogens with two attached hydrogens (primary N) is 1. The Morgan fingerprint density at radius 3 is 2.53 bits per heavy atom. The highest BCUT2D eigenvalue weighted by Crippen LogP contribution is 2.32. The lowest BCUT2D eigenvalue weighted by Crippen LogP contribution is -2.20. The van der Waals surface area contributed by atoms with Gasteiger partial charge in [-0.2, -0.15) is 0 Å². The third-order valence-electron chi connectivity index (χ3n) is 3.41. The van der Waals surface area contributed by atoms with Crippen LogP contribution >= 0.6 is 15.9 Å². The minimum atomic E-state index is 0.489. The summed E-state index contributed by atoms with van der Waals surface area (Å²) < 4.78 is 1.04. The molecule has 0 bridgehead atoms. The SMILES string of the molecule is Cc1cc(C)c(N=C(N)C2CCCC2)c(Br)c1. The summed E-state index contributed by atoms with van der Waals surface area (Å²) in [5.41, 5.74) is 9.52. The Bertz CT molecular complexity index is 423. The molecule has 0 heterocycles. The lowest BCUT2D eigenvalue weighted by Gasteiger charge is -2.11. The first-order valence-corrected chi connectivity index (χ1v) is 6.98. The second kappa shape index (κ2) is 5.21. The zero-order valence-electron chi connectivity index (χ0n) is 10.5. The summed E-state index contributed by atoms with van der Waals surface area (Å²) in [7, 11) is 0. The first-order chi connectivity index (χ1) is 8.08. The van der Waals surface area contributed by atoms with Crippen molar-refractivity contribution in [1.82, 2.24) is 0 Å². The summed E-state index contributed by atoms with van der Waals surface area (Å²) >= 11 is 3.57. The number of halogens is 1. The third kappa shape index (κ3) is 2.89. The summed E-state index contributed by atoms with van der Waals surface area (Å²) in [5, 5.41) is 0. The second-order valence-corrected chi connectivity index (χ2v) is 5.78. The molecule has 3 heteroatoms.